The number of hydrogen-bond acceptors (Lipinski definition) is 6. The Labute approximate surface area is 180 Å². The monoisotopic (exact) mass is 429 g/mol. The Balaban J connectivity index is 1.54. The molecule has 0 aliphatic carbocycles. The number of hydrogen-bond donors (Lipinski definition) is 0. The summed E-state index contributed by atoms with van der Waals surface area (Å²) in [4.78, 5) is 33.6. The Kier molecular flexibility index (Phi) is 6.34. The van der Waals surface area contributed by atoms with Gasteiger partial charge >= 0.3 is 0 Å². The number of nitrogens with zero attached hydrogens (tertiary/aromatic N) is 3. The molecule has 3 heterocycles. The molecule has 0 bridgehead atoms. The topological polar surface area (TPSA) is 72.0 Å². The smallest absolute Gasteiger partial charge is 0.265 e. The third-order valence-corrected chi connectivity index (χ3v) is 6.61. The van der Waals surface area contributed by atoms with Crippen LogP contribution in [-0.2, 0) is 20.7 Å². The van der Waals surface area contributed by atoms with Gasteiger partial charge in [-0.15, -0.1) is 11.3 Å². The summed E-state index contributed by atoms with van der Waals surface area (Å²) in [7, 11) is 1.68. The second-order valence-corrected chi connectivity index (χ2v) is 8.83. The van der Waals surface area contributed by atoms with Crippen molar-refractivity contribution in [2.45, 2.75) is 26.2 Å². The SMILES string of the molecule is COCCc1nc(-c2ccc3c(c2)N(CC(=O)N2CCC(C)CC2)C(=O)CO3)cs1. The highest BCUT2D eigenvalue weighted by Crippen LogP contribution is 2.36. The van der Waals surface area contributed by atoms with Gasteiger partial charge in [-0.25, -0.2) is 4.98 Å². The molecule has 2 aromatic rings. The second-order valence-electron chi connectivity index (χ2n) is 7.88. The second kappa shape index (κ2) is 9.14. The molecule has 2 aliphatic heterocycles. The first-order valence-electron chi connectivity index (χ1n) is 10.3. The molecule has 2 amide bonds. The van der Waals surface area contributed by atoms with Crippen molar-refractivity contribution in [3.05, 3.63) is 28.6 Å². The molecule has 0 saturated carbocycles. The van der Waals surface area contributed by atoms with Crippen molar-refractivity contribution in [1.29, 1.82) is 0 Å². The summed E-state index contributed by atoms with van der Waals surface area (Å²) in [6.45, 7) is 4.36. The van der Waals surface area contributed by atoms with Gasteiger partial charge in [-0.1, -0.05) is 6.92 Å². The van der Waals surface area contributed by atoms with Gasteiger partial charge in [0.2, 0.25) is 5.91 Å². The molecule has 2 aliphatic rings. The number of anilines is 1. The lowest BCUT2D eigenvalue weighted by atomic mass is 9.99. The predicted octanol–water partition coefficient (Wildman–Crippen LogP) is 2.98. The lowest BCUT2D eigenvalue weighted by Gasteiger charge is -2.34. The number of aromatic nitrogens is 1. The number of thiazole rings is 1. The number of amides is 2. The summed E-state index contributed by atoms with van der Waals surface area (Å²) < 4.78 is 10.7. The van der Waals surface area contributed by atoms with Crippen LogP contribution in [0, 0.1) is 5.92 Å². The summed E-state index contributed by atoms with van der Waals surface area (Å²) in [6, 6.07) is 5.69. The molecule has 1 aromatic heterocycles. The van der Waals surface area contributed by atoms with E-state index in [1.54, 1.807) is 23.3 Å². The van der Waals surface area contributed by atoms with Gasteiger partial charge in [0.05, 0.1) is 23.0 Å². The molecule has 0 radical (unpaired) electrons. The van der Waals surface area contributed by atoms with Crippen molar-refractivity contribution in [3.63, 3.8) is 0 Å². The summed E-state index contributed by atoms with van der Waals surface area (Å²) in [5, 5.41) is 3.01. The van der Waals surface area contributed by atoms with E-state index in [2.05, 4.69) is 11.9 Å². The van der Waals surface area contributed by atoms with E-state index in [4.69, 9.17) is 9.47 Å². The van der Waals surface area contributed by atoms with Crippen LogP contribution in [0.5, 0.6) is 5.75 Å². The van der Waals surface area contributed by atoms with Crippen LogP contribution in [0.15, 0.2) is 23.6 Å². The van der Waals surface area contributed by atoms with Crippen LogP contribution < -0.4 is 9.64 Å². The zero-order valence-electron chi connectivity index (χ0n) is 17.4. The molecule has 1 fully saturated rings. The minimum atomic E-state index is -0.197. The lowest BCUT2D eigenvalue weighted by Crippen LogP contribution is -2.48. The van der Waals surface area contributed by atoms with Crippen molar-refractivity contribution in [2.24, 2.45) is 5.92 Å². The summed E-state index contributed by atoms with van der Waals surface area (Å²) >= 11 is 1.59. The fourth-order valence-electron chi connectivity index (χ4n) is 3.78. The largest absolute Gasteiger partial charge is 0.482 e. The number of carbonyl (C=O) groups is 2. The molecule has 1 saturated heterocycles. The fourth-order valence-corrected chi connectivity index (χ4v) is 4.56. The molecule has 0 atom stereocenters. The van der Waals surface area contributed by atoms with Gasteiger partial charge in [-0.2, -0.15) is 0 Å². The molecule has 160 valence electrons. The maximum Gasteiger partial charge on any atom is 0.265 e. The first kappa shape index (κ1) is 20.8. The minimum absolute atomic E-state index is 0.0102. The number of methoxy groups -OCH3 is 1. The highest BCUT2D eigenvalue weighted by molar-refractivity contribution is 7.09. The van der Waals surface area contributed by atoms with Crippen LogP contribution in [0.3, 0.4) is 0 Å². The van der Waals surface area contributed by atoms with Gasteiger partial charge in [-0.05, 0) is 37.0 Å². The Bertz CT molecular complexity index is 921. The number of fused-ring (bicyclic) bond motifs is 1. The van der Waals surface area contributed by atoms with Crippen LogP contribution in [0.25, 0.3) is 11.3 Å². The number of piperidine rings is 1. The summed E-state index contributed by atoms with van der Waals surface area (Å²) in [5.74, 6) is 1.06. The average Bonchev–Trinajstić information content (AvgIpc) is 3.23. The van der Waals surface area contributed by atoms with Crippen LogP contribution in [0.4, 0.5) is 5.69 Å². The normalized spacial score (nSPS) is 17.1. The molecule has 8 heteroatoms. The number of benzene rings is 1. The minimum Gasteiger partial charge on any atom is -0.482 e. The molecule has 0 unspecified atom stereocenters. The van der Waals surface area contributed by atoms with Crippen molar-refractivity contribution >= 4 is 28.8 Å². The molecule has 4 rings (SSSR count). The van der Waals surface area contributed by atoms with Gasteiger partial charge in [-0.3, -0.25) is 14.5 Å². The van der Waals surface area contributed by atoms with E-state index in [-0.39, 0.29) is 25.0 Å². The lowest BCUT2D eigenvalue weighted by molar-refractivity contribution is -0.133. The summed E-state index contributed by atoms with van der Waals surface area (Å²) in [5.41, 5.74) is 2.38. The number of carbonyl (C=O) groups excluding carboxylic acids is 2. The van der Waals surface area contributed by atoms with E-state index < -0.39 is 0 Å². The molecule has 0 spiro atoms. The van der Waals surface area contributed by atoms with Crippen LogP contribution in [0.1, 0.15) is 24.8 Å². The van der Waals surface area contributed by atoms with Gasteiger partial charge in [0.15, 0.2) is 6.61 Å². The zero-order chi connectivity index (χ0) is 21.1. The van der Waals surface area contributed by atoms with Crippen LogP contribution in [0.2, 0.25) is 0 Å². The molecular formula is C22H27N3O4S. The molecule has 1 aromatic carbocycles. The average molecular weight is 430 g/mol. The third kappa shape index (κ3) is 4.49. The van der Waals surface area contributed by atoms with E-state index in [1.807, 2.05) is 28.5 Å². The summed E-state index contributed by atoms with van der Waals surface area (Å²) in [6.07, 6.45) is 2.79. The Morgan fingerprint density at radius 1 is 1.33 bits per heavy atom. The number of ether oxygens (including phenoxy) is 2. The first-order chi connectivity index (χ1) is 14.5. The maximum absolute atomic E-state index is 12.9. The van der Waals surface area contributed by atoms with Crippen molar-refractivity contribution in [3.8, 4) is 17.0 Å². The fraction of sp³-hybridized carbons (Fsp3) is 0.500. The standard InChI is InChI=1S/C22H27N3O4S/c1-15-5-8-24(9-6-15)21(26)12-25-18-11-16(3-4-19(18)29-13-22(25)27)17-14-30-20(23-17)7-10-28-2/h3-4,11,14-15H,5-10,12-13H2,1-2H3. The Hall–Kier alpha value is -2.45. The Morgan fingerprint density at radius 3 is 2.90 bits per heavy atom. The van der Waals surface area contributed by atoms with Crippen LogP contribution >= 0.6 is 11.3 Å². The first-order valence-corrected chi connectivity index (χ1v) is 11.2. The van der Waals surface area contributed by atoms with E-state index in [9.17, 15) is 9.59 Å². The van der Waals surface area contributed by atoms with E-state index >= 15 is 0 Å². The molecular weight excluding hydrogens is 402 g/mol. The Morgan fingerprint density at radius 2 is 2.13 bits per heavy atom. The molecule has 0 N–H and O–H groups in total. The van der Waals surface area contributed by atoms with Gasteiger partial charge in [0.25, 0.3) is 5.91 Å². The number of likely N-dealkylation sites (tertiary alicyclic amines) is 1. The van der Waals surface area contributed by atoms with Gasteiger partial charge < -0.3 is 14.4 Å². The quantitative estimate of drug-likeness (QED) is 0.706. The highest BCUT2D eigenvalue weighted by Gasteiger charge is 2.30. The predicted molar refractivity (Wildman–Crippen MR) is 116 cm³/mol. The third-order valence-electron chi connectivity index (χ3n) is 5.70. The highest BCUT2D eigenvalue weighted by atomic mass is 32.1. The van der Waals surface area contributed by atoms with E-state index in [0.29, 0.717) is 24.0 Å². The molecule has 7 nitrogen and oxygen atoms in total. The van der Waals surface area contributed by atoms with E-state index in [1.165, 1.54) is 0 Å². The zero-order valence-corrected chi connectivity index (χ0v) is 18.2. The van der Waals surface area contributed by atoms with Gasteiger partial charge in [0, 0.05) is 37.6 Å². The van der Waals surface area contributed by atoms with E-state index in [0.717, 1.165) is 48.6 Å². The number of rotatable bonds is 6. The van der Waals surface area contributed by atoms with Crippen LogP contribution in [-0.4, -0.2) is 61.7 Å². The van der Waals surface area contributed by atoms with Crippen molar-refractivity contribution in [2.75, 3.05) is 44.9 Å². The van der Waals surface area contributed by atoms with Crippen molar-refractivity contribution in [1.82, 2.24) is 9.88 Å². The maximum atomic E-state index is 12.9. The van der Waals surface area contributed by atoms with Gasteiger partial charge in [0.1, 0.15) is 12.3 Å². The van der Waals surface area contributed by atoms with Crippen molar-refractivity contribution < 1.29 is 19.1 Å². The molecule has 30 heavy (non-hydrogen) atoms.